The first kappa shape index (κ1) is 14.0. The molecule has 4 heteroatoms. The number of alkyl halides is 1. The Hall–Kier alpha value is -0.450. The highest BCUT2D eigenvalue weighted by molar-refractivity contribution is 14.1. The number of benzene rings is 2. The van der Waals surface area contributed by atoms with Crippen LogP contribution < -0.4 is 4.74 Å². The highest BCUT2D eigenvalue weighted by Crippen LogP contribution is 2.37. The van der Waals surface area contributed by atoms with Crippen LogP contribution in [-0.4, -0.2) is 7.11 Å². The van der Waals surface area contributed by atoms with Gasteiger partial charge in [-0.1, -0.05) is 35.9 Å². The van der Waals surface area contributed by atoms with Gasteiger partial charge in [0.15, 0.2) is 0 Å². The van der Waals surface area contributed by atoms with E-state index in [2.05, 4.69) is 22.6 Å². The maximum absolute atomic E-state index is 6.51. The van der Waals surface area contributed by atoms with Crippen LogP contribution in [0.25, 0.3) is 0 Å². The Morgan fingerprint density at radius 3 is 2.44 bits per heavy atom. The standard InChI is InChI=1S/C14H11Cl2IO/c1-18-9-6-7-10(12(15)8-9)14(16)11-4-2-3-5-13(11)17/h2-8,14H,1H3. The van der Waals surface area contributed by atoms with Gasteiger partial charge in [-0.25, -0.2) is 0 Å². The molecule has 0 aliphatic rings. The monoisotopic (exact) mass is 392 g/mol. The van der Waals surface area contributed by atoms with Crippen LogP contribution in [0.2, 0.25) is 5.02 Å². The molecule has 0 saturated carbocycles. The first-order valence-corrected chi connectivity index (χ1v) is 7.24. The summed E-state index contributed by atoms with van der Waals surface area (Å²) in [4.78, 5) is 0. The maximum atomic E-state index is 6.51. The van der Waals surface area contributed by atoms with Crippen molar-refractivity contribution >= 4 is 45.8 Å². The Kier molecular flexibility index (Phi) is 4.76. The minimum atomic E-state index is -0.253. The fourth-order valence-corrected chi connectivity index (χ4v) is 3.29. The Morgan fingerprint density at radius 2 is 1.83 bits per heavy atom. The molecule has 0 heterocycles. The highest BCUT2D eigenvalue weighted by atomic mass is 127. The van der Waals surface area contributed by atoms with Crippen molar-refractivity contribution in [3.05, 3.63) is 62.2 Å². The Bertz CT molecular complexity index is 557. The lowest BCUT2D eigenvalue weighted by Gasteiger charge is -2.14. The van der Waals surface area contributed by atoms with Crippen LogP contribution in [0.4, 0.5) is 0 Å². The second-order valence-electron chi connectivity index (χ2n) is 3.77. The van der Waals surface area contributed by atoms with Crippen molar-refractivity contribution in [1.82, 2.24) is 0 Å². The topological polar surface area (TPSA) is 9.23 Å². The summed E-state index contributed by atoms with van der Waals surface area (Å²) in [6, 6.07) is 13.6. The van der Waals surface area contributed by atoms with E-state index in [4.69, 9.17) is 27.9 Å². The number of rotatable bonds is 3. The van der Waals surface area contributed by atoms with Crippen molar-refractivity contribution in [1.29, 1.82) is 0 Å². The van der Waals surface area contributed by atoms with E-state index in [1.165, 1.54) is 0 Å². The first-order chi connectivity index (χ1) is 8.63. The van der Waals surface area contributed by atoms with Crippen molar-refractivity contribution in [2.75, 3.05) is 7.11 Å². The van der Waals surface area contributed by atoms with Gasteiger partial charge in [-0.3, -0.25) is 0 Å². The molecule has 1 unspecified atom stereocenters. The summed E-state index contributed by atoms with van der Waals surface area (Å²) in [5.41, 5.74) is 1.95. The van der Waals surface area contributed by atoms with Crippen LogP contribution in [0.3, 0.4) is 0 Å². The summed E-state index contributed by atoms with van der Waals surface area (Å²) in [6.07, 6.45) is 0. The normalized spacial score (nSPS) is 12.2. The van der Waals surface area contributed by atoms with Crippen LogP contribution in [0.1, 0.15) is 16.5 Å². The average Bonchev–Trinajstić information content (AvgIpc) is 2.38. The van der Waals surface area contributed by atoms with E-state index in [0.717, 1.165) is 20.4 Å². The van der Waals surface area contributed by atoms with E-state index < -0.39 is 0 Å². The van der Waals surface area contributed by atoms with Crippen LogP contribution in [0.15, 0.2) is 42.5 Å². The van der Waals surface area contributed by atoms with Gasteiger partial charge in [0, 0.05) is 8.59 Å². The van der Waals surface area contributed by atoms with E-state index in [1.54, 1.807) is 13.2 Å². The van der Waals surface area contributed by atoms with Crippen molar-refractivity contribution in [3.63, 3.8) is 0 Å². The number of methoxy groups -OCH3 is 1. The van der Waals surface area contributed by atoms with Crippen molar-refractivity contribution in [3.8, 4) is 5.75 Å². The predicted octanol–water partition coefficient (Wildman–Crippen LogP) is 5.28. The smallest absolute Gasteiger partial charge is 0.120 e. The predicted molar refractivity (Wildman–Crippen MR) is 84.9 cm³/mol. The van der Waals surface area contributed by atoms with Gasteiger partial charge in [-0.05, 0) is 51.9 Å². The minimum Gasteiger partial charge on any atom is -0.497 e. The van der Waals surface area contributed by atoms with Gasteiger partial charge >= 0.3 is 0 Å². The summed E-state index contributed by atoms with van der Waals surface area (Å²) >= 11 is 15.0. The van der Waals surface area contributed by atoms with Gasteiger partial charge in [0.1, 0.15) is 5.75 Å². The molecular weight excluding hydrogens is 382 g/mol. The zero-order valence-corrected chi connectivity index (χ0v) is 13.3. The fourth-order valence-electron chi connectivity index (χ4n) is 1.69. The molecule has 0 aromatic heterocycles. The van der Waals surface area contributed by atoms with Crippen molar-refractivity contribution in [2.45, 2.75) is 5.38 Å². The lowest BCUT2D eigenvalue weighted by Crippen LogP contribution is -1.97. The zero-order valence-electron chi connectivity index (χ0n) is 9.66. The van der Waals surface area contributed by atoms with E-state index in [9.17, 15) is 0 Å². The molecular formula is C14H11Cl2IO. The van der Waals surface area contributed by atoms with Crippen LogP contribution >= 0.6 is 45.8 Å². The molecule has 18 heavy (non-hydrogen) atoms. The molecule has 0 fully saturated rings. The number of halogens is 3. The van der Waals surface area contributed by atoms with Gasteiger partial charge in [0.25, 0.3) is 0 Å². The van der Waals surface area contributed by atoms with Crippen LogP contribution in [0.5, 0.6) is 5.75 Å². The summed E-state index contributed by atoms with van der Waals surface area (Å²) in [5.74, 6) is 0.732. The van der Waals surface area contributed by atoms with Crippen molar-refractivity contribution in [2.24, 2.45) is 0 Å². The van der Waals surface area contributed by atoms with Crippen LogP contribution in [-0.2, 0) is 0 Å². The van der Waals surface area contributed by atoms with E-state index in [0.29, 0.717) is 5.02 Å². The first-order valence-electron chi connectivity index (χ1n) is 5.35. The summed E-state index contributed by atoms with van der Waals surface area (Å²) in [7, 11) is 1.61. The van der Waals surface area contributed by atoms with Crippen LogP contribution in [0, 0.1) is 3.57 Å². The lowest BCUT2D eigenvalue weighted by molar-refractivity contribution is 0.414. The molecule has 0 N–H and O–H groups in total. The molecule has 0 saturated heterocycles. The Labute approximate surface area is 130 Å². The molecule has 0 spiro atoms. The molecule has 0 amide bonds. The third-order valence-corrected chi connectivity index (χ3v) is 4.44. The summed E-state index contributed by atoms with van der Waals surface area (Å²) < 4.78 is 6.26. The summed E-state index contributed by atoms with van der Waals surface area (Å²) in [5, 5.41) is 0.366. The molecule has 2 rings (SSSR count). The molecule has 0 radical (unpaired) electrons. The average molecular weight is 393 g/mol. The zero-order chi connectivity index (χ0) is 13.1. The summed E-state index contributed by atoms with van der Waals surface area (Å²) in [6.45, 7) is 0. The van der Waals surface area contributed by atoms with E-state index in [-0.39, 0.29) is 5.38 Å². The Balaban J connectivity index is 2.40. The van der Waals surface area contributed by atoms with Gasteiger partial charge in [-0.15, -0.1) is 11.6 Å². The van der Waals surface area contributed by atoms with Gasteiger partial charge in [-0.2, -0.15) is 0 Å². The second kappa shape index (κ2) is 6.13. The highest BCUT2D eigenvalue weighted by Gasteiger charge is 2.16. The molecule has 2 aromatic rings. The lowest BCUT2D eigenvalue weighted by atomic mass is 10.0. The maximum Gasteiger partial charge on any atom is 0.120 e. The SMILES string of the molecule is COc1ccc(C(Cl)c2ccccc2I)c(Cl)c1. The molecule has 0 bridgehead atoms. The number of hydrogen-bond donors (Lipinski definition) is 0. The third kappa shape index (κ3) is 2.92. The molecule has 2 aromatic carbocycles. The quantitative estimate of drug-likeness (QED) is 0.510. The van der Waals surface area contributed by atoms with Gasteiger partial charge in [0.05, 0.1) is 12.5 Å². The largest absolute Gasteiger partial charge is 0.497 e. The number of hydrogen-bond acceptors (Lipinski definition) is 1. The molecule has 94 valence electrons. The van der Waals surface area contributed by atoms with Gasteiger partial charge in [0.2, 0.25) is 0 Å². The third-order valence-electron chi connectivity index (χ3n) is 2.66. The Morgan fingerprint density at radius 1 is 1.11 bits per heavy atom. The minimum absolute atomic E-state index is 0.253. The molecule has 0 aliphatic heterocycles. The van der Waals surface area contributed by atoms with E-state index in [1.807, 2.05) is 36.4 Å². The molecule has 1 atom stereocenters. The second-order valence-corrected chi connectivity index (χ2v) is 5.78. The number of ether oxygens (including phenoxy) is 1. The van der Waals surface area contributed by atoms with Crippen molar-refractivity contribution < 1.29 is 4.74 Å². The van der Waals surface area contributed by atoms with E-state index >= 15 is 0 Å². The van der Waals surface area contributed by atoms with Gasteiger partial charge < -0.3 is 4.74 Å². The molecule has 0 aliphatic carbocycles. The fraction of sp³-hybridized carbons (Fsp3) is 0.143. The molecule has 1 nitrogen and oxygen atoms in total.